The Balaban J connectivity index is 2.64. The maximum absolute atomic E-state index is 8.86. The molecule has 0 heterocycles. The molecule has 0 bridgehead atoms. The molecule has 0 radical (unpaired) electrons. The topological polar surface area (TPSA) is 35.8 Å². The van der Waals surface area contributed by atoms with Crippen LogP contribution in [0.1, 0.15) is 45.6 Å². The second-order valence-electron chi connectivity index (χ2n) is 4.69. The monoisotopic (exact) mass is 230 g/mol. The molecule has 2 heteroatoms. The molecule has 0 fully saturated rings. The zero-order chi connectivity index (χ0) is 12.7. The largest absolute Gasteiger partial charge is 0.382 e. The molecule has 0 saturated carbocycles. The van der Waals surface area contributed by atoms with Crippen molar-refractivity contribution in [2.24, 2.45) is 5.92 Å². The van der Waals surface area contributed by atoms with Crippen LogP contribution in [0, 0.1) is 17.2 Å². The summed E-state index contributed by atoms with van der Waals surface area (Å²) in [6.07, 6.45) is 3.52. The fourth-order valence-corrected chi connectivity index (χ4v) is 1.89. The van der Waals surface area contributed by atoms with Gasteiger partial charge in [0.2, 0.25) is 0 Å². The summed E-state index contributed by atoms with van der Waals surface area (Å²) < 4.78 is 0. The molecule has 17 heavy (non-hydrogen) atoms. The number of nitrogens with one attached hydrogen (secondary N) is 1. The van der Waals surface area contributed by atoms with Gasteiger partial charge in [-0.1, -0.05) is 33.3 Å². The van der Waals surface area contributed by atoms with Crippen molar-refractivity contribution in [3.63, 3.8) is 0 Å². The maximum Gasteiger partial charge on any atom is 0.0992 e. The van der Waals surface area contributed by atoms with Gasteiger partial charge >= 0.3 is 0 Å². The summed E-state index contributed by atoms with van der Waals surface area (Å²) in [6.45, 7) is 6.72. The molecule has 0 aromatic heterocycles. The maximum atomic E-state index is 8.86. The van der Waals surface area contributed by atoms with Crippen LogP contribution in [0.4, 0.5) is 5.69 Å². The van der Waals surface area contributed by atoms with Crippen molar-refractivity contribution >= 4 is 5.69 Å². The van der Waals surface area contributed by atoms with E-state index in [1.165, 1.54) is 12.8 Å². The van der Waals surface area contributed by atoms with Crippen molar-refractivity contribution in [1.82, 2.24) is 0 Å². The Bertz CT molecular complexity index is 379. The van der Waals surface area contributed by atoms with E-state index < -0.39 is 0 Å². The smallest absolute Gasteiger partial charge is 0.0992 e. The van der Waals surface area contributed by atoms with Crippen LogP contribution in [-0.4, -0.2) is 6.04 Å². The molecule has 0 amide bonds. The van der Waals surface area contributed by atoms with Gasteiger partial charge in [0.15, 0.2) is 0 Å². The Labute approximate surface area is 105 Å². The highest BCUT2D eigenvalue weighted by molar-refractivity contribution is 5.49. The van der Waals surface area contributed by atoms with Gasteiger partial charge in [-0.05, 0) is 37.0 Å². The Morgan fingerprint density at radius 1 is 1.29 bits per heavy atom. The van der Waals surface area contributed by atoms with E-state index in [4.69, 9.17) is 5.26 Å². The summed E-state index contributed by atoms with van der Waals surface area (Å²) in [7, 11) is 0. The van der Waals surface area contributed by atoms with E-state index >= 15 is 0 Å². The lowest BCUT2D eigenvalue weighted by Crippen LogP contribution is -2.21. The molecule has 1 rings (SSSR count). The first-order valence-corrected chi connectivity index (χ1v) is 6.46. The number of nitriles is 1. The molecular formula is C15H22N2. The number of hydrogen-bond acceptors (Lipinski definition) is 2. The van der Waals surface area contributed by atoms with Crippen LogP contribution in [0.3, 0.4) is 0 Å². The van der Waals surface area contributed by atoms with E-state index in [9.17, 15) is 0 Å². The van der Waals surface area contributed by atoms with Crippen molar-refractivity contribution in [3.05, 3.63) is 29.8 Å². The third-order valence-corrected chi connectivity index (χ3v) is 3.24. The normalized spacial score (nSPS) is 13.8. The summed E-state index contributed by atoms with van der Waals surface area (Å²) in [5.74, 6) is 0.742. The lowest BCUT2D eigenvalue weighted by Gasteiger charge is -2.21. The lowest BCUT2D eigenvalue weighted by atomic mass is 9.97. The highest BCUT2D eigenvalue weighted by Gasteiger charge is 2.10. The molecular weight excluding hydrogens is 208 g/mol. The van der Waals surface area contributed by atoms with Crippen LogP contribution in [0.25, 0.3) is 0 Å². The standard InChI is InChI=1S/C15H22N2/c1-4-12(3)9-14(5-2)17-15-8-6-7-13(10-15)11-16/h6-8,10,12,14,17H,4-5,9H2,1-3H3. The van der Waals surface area contributed by atoms with Crippen LogP contribution in [0.2, 0.25) is 0 Å². The molecule has 92 valence electrons. The first kappa shape index (κ1) is 13.6. The van der Waals surface area contributed by atoms with Gasteiger partial charge in [0, 0.05) is 11.7 Å². The van der Waals surface area contributed by atoms with E-state index in [1.54, 1.807) is 0 Å². The third-order valence-electron chi connectivity index (χ3n) is 3.24. The minimum absolute atomic E-state index is 0.499. The predicted molar refractivity (Wildman–Crippen MR) is 72.9 cm³/mol. The quantitative estimate of drug-likeness (QED) is 0.795. The van der Waals surface area contributed by atoms with Gasteiger partial charge in [0.05, 0.1) is 11.6 Å². The summed E-state index contributed by atoms with van der Waals surface area (Å²) in [4.78, 5) is 0. The minimum Gasteiger partial charge on any atom is -0.382 e. The fraction of sp³-hybridized carbons (Fsp3) is 0.533. The van der Waals surface area contributed by atoms with Gasteiger partial charge in [0.25, 0.3) is 0 Å². The molecule has 0 spiro atoms. The van der Waals surface area contributed by atoms with Crippen LogP contribution < -0.4 is 5.32 Å². The molecule has 2 atom stereocenters. The average Bonchev–Trinajstić information content (AvgIpc) is 2.37. The van der Waals surface area contributed by atoms with E-state index in [0.29, 0.717) is 11.6 Å². The molecule has 0 aliphatic rings. The average molecular weight is 230 g/mol. The Morgan fingerprint density at radius 3 is 2.65 bits per heavy atom. The van der Waals surface area contributed by atoms with Gasteiger partial charge in [-0.3, -0.25) is 0 Å². The Hall–Kier alpha value is -1.49. The number of hydrogen-bond donors (Lipinski definition) is 1. The Morgan fingerprint density at radius 2 is 2.06 bits per heavy atom. The second-order valence-corrected chi connectivity index (χ2v) is 4.69. The second kappa shape index (κ2) is 6.96. The molecule has 2 unspecified atom stereocenters. The van der Waals surface area contributed by atoms with Crippen LogP contribution in [-0.2, 0) is 0 Å². The zero-order valence-electron chi connectivity index (χ0n) is 11.0. The summed E-state index contributed by atoms with van der Waals surface area (Å²) in [5.41, 5.74) is 1.77. The van der Waals surface area contributed by atoms with Crippen molar-refractivity contribution < 1.29 is 0 Å². The summed E-state index contributed by atoms with van der Waals surface area (Å²) in [5, 5.41) is 12.4. The SMILES string of the molecule is CCC(C)CC(CC)Nc1cccc(C#N)c1. The summed E-state index contributed by atoms with van der Waals surface area (Å²) in [6, 6.07) is 10.4. The first-order valence-electron chi connectivity index (χ1n) is 6.46. The van der Waals surface area contributed by atoms with Gasteiger partial charge in [-0.15, -0.1) is 0 Å². The minimum atomic E-state index is 0.499. The number of anilines is 1. The molecule has 2 nitrogen and oxygen atoms in total. The van der Waals surface area contributed by atoms with Crippen molar-refractivity contribution in [3.8, 4) is 6.07 Å². The molecule has 0 aliphatic carbocycles. The highest BCUT2D eigenvalue weighted by atomic mass is 14.9. The number of nitrogens with zero attached hydrogens (tertiary/aromatic N) is 1. The molecule has 1 aromatic rings. The highest BCUT2D eigenvalue weighted by Crippen LogP contribution is 2.18. The van der Waals surface area contributed by atoms with E-state index in [2.05, 4.69) is 32.2 Å². The van der Waals surface area contributed by atoms with E-state index in [0.717, 1.165) is 18.0 Å². The van der Waals surface area contributed by atoms with Crippen LogP contribution >= 0.6 is 0 Å². The van der Waals surface area contributed by atoms with Crippen molar-refractivity contribution in [1.29, 1.82) is 5.26 Å². The molecule has 0 aliphatic heterocycles. The lowest BCUT2D eigenvalue weighted by molar-refractivity contribution is 0.462. The van der Waals surface area contributed by atoms with E-state index in [1.807, 2.05) is 24.3 Å². The summed E-state index contributed by atoms with van der Waals surface area (Å²) >= 11 is 0. The third kappa shape index (κ3) is 4.48. The molecule has 1 aromatic carbocycles. The number of rotatable bonds is 6. The zero-order valence-corrected chi connectivity index (χ0v) is 11.0. The molecule has 0 saturated heterocycles. The van der Waals surface area contributed by atoms with Gasteiger partial charge in [0.1, 0.15) is 0 Å². The van der Waals surface area contributed by atoms with Crippen molar-refractivity contribution in [2.45, 2.75) is 46.1 Å². The van der Waals surface area contributed by atoms with Gasteiger partial charge in [-0.25, -0.2) is 0 Å². The van der Waals surface area contributed by atoms with Gasteiger partial charge in [-0.2, -0.15) is 5.26 Å². The first-order chi connectivity index (χ1) is 8.19. The van der Waals surface area contributed by atoms with Crippen LogP contribution in [0.15, 0.2) is 24.3 Å². The predicted octanol–water partition coefficient (Wildman–Crippen LogP) is 4.18. The molecule has 1 N–H and O–H groups in total. The number of benzene rings is 1. The van der Waals surface area contributed by atoms with E-state index in [-0.39, 0.29) is 0 Å². The Kier molecular flexibility index (Phi) is 5.56. The van der Waals surface area contributed by atoms with Gasteiger partial charge < -0.3 is 5.32 Å². The fourth-order valence-electron chi connectivity index (χ4n) is 1.89. The van der Waals surface area contributed by atoms with Crippen LogP contribution in [0.5, 0.6) is 0 Å². The van der Waals surface area contributed by atoms with Crippen molar-refractivity contribution in [2.75, 3.05) is 5.32 Å².